The number of hydrogen-bond acceptors (Lipinski definition) is 4. The van der Waals surface area contributed by atoms with Gasteiger partial charge in [-0.15, -0.1) is 0 Å². The molecule has 1 aromatic rings. The molecule has 0 aliphatic rings. The van der Waals surface area contributed by atoms with Crippen LogP contribution < -0.4 is 4.90 Å². The number of carboxylic acid groups (broad SMARTS) is 1. The smallest absolute Gasteiger partial charge is 0.354 e. The van der Waals surface area contributed by atoms with Gasteiger partial charge in [0.25, 0.3) is 0 Å². The maximum Gasteiger partial charge on any atom is 0.354 e. The van der Waals surface area contributed by atoms with Crippen LogP contribution in [0.1, 0.15) is 23.8 Å². The van der Waals surface area contributed by atoms with Crippen molar-refractivity contribution in [2.45, 2.75) is 13.3 Å². The van der Waals surface area contributed by atoms with Crippen LogP contribution in [0.5, 0.6) is 0 Å². The van der Waals surface area contributed by atoms with Gasteiger partial charge in [0.1, 0.15) is 5.82 Å². The van der Waals surface area contributed by atoms with E-state index in [0.717, 1.165) is 0 Å². The van der Waals surface area contributed by atoms with E-state index in [2.05, 4.69) is 11.1 Å². The second-order valence-electron chi connectivity index (χ2n) is 3.17. The van der Waals surface area contributed by atoms with Crippen molar-refractivity contribution >= 4 is 11.8 Å². The summed E-state index contributed by atoms with van der Waals surface area (Å²) in [7, 11) is 0. The molecule has 16 heavy (non-hydrogen) atoms. The number of hydrogen-bond donors (Lipinski definition) is 1. The van der Waals surface area contributed by atoms with Crippen LogP contribution in [0.15, 0.2) is 18.2 Å². The third-order valence-electron chi connectivity index (χ3n) is 2.15. The zero-order chi connectivity index (χ0) is 12.0. The number of pyridine rings is 1. The Morgan fingerprint density at radius 3 is 2.94 bits per heavy atom. The molecular formula is C11H13N3O2. The van der Waals surface area contributed by atoms with E-state index in [4.69, 9.17) is 10.4 Å². The maximum atomic E-state index is 10.7. The highest BCUT2D eigenvalue weighted by Crippen LogP contribution is 2.11. The van der Waals surface area contributed by atoms with E-state index >= 15 is 0 Å². The van der Waals surface area contributed by atoms with Crippen LogP contribution in [0.25, 0.3) is 0 Å². The molecule has 0 aliphatic carbocycles. The van der Waals surface area contributed by atoms with Crippen LogP contribution in [-0.4, -0.2) is 29.1 Å². The van der Waals surface area contributed by atoms with Gasteiger partial charge in [0.15, 0.2) is 5.69 Å². The van der Waals surface area contributed by atoms with E-state index < -0.39 is 5.97 Å². The standard InChI is InChI=1S/C11H13N3O2/c1-2-14(8-4-7-12)10-6-3-5-9(13-10)11(15)16/h3,5-6H,2,4,8H2,1H3,(H,15,16). The van der Waals surface area contributed by atoms with Gasteiger partial charge in [-0.05, 0) is 19.1 Å². The van der Waals surface area contributed by atoms with Gasteiger partial charge in [0, 0.05) is 13.1 Å². The van der Waals surface area contributed by atoms with Gasteiger partial charge in [-0.1, -0.05) is 6.07 Å². The lowest BCUT2D eigenvalue weighted by molar-refractivity contribution is 0.0690. The third-order valence-corrected chi connectivity index (χ3v) is 2.15. The average molecular weight is 219 g/mol. The Hall–Kier alpha value is -2.09. The van der Waals surface area contributed by atoms with E-state index in [1.54, 1.807) is 12.1 Å². The second kappa shape index (κ2) is 5.71. The topological polar surface area (TPSA) is 77.2 Å². The largest absolute Gasteiger partial charge is 0.477 e. The summed E-state index contributed by atoms with van der Waals surface area (Å²) in [6.07, 6.45) is 0.396. The molecule has 0 saturated heterocycles. The van der Waals surface area contributed by atoms with Crippen LogP contribution in [0.2, 0.25) is 0 Å². The Morgan fingerprint density at radius 2 is 2.38 bits per heavy atom. The van der Waals surface area contributed by atoms with Crippen LogP contribution in [0.3, 0.4) is 0 Å². The molecule has 0 radical (unpaired) electrons. The molecule has 1 aromatic heterocycles. The minimum atomic E-state index is -1.04. The molecule has 5 nitrogen and oxygen atoms in total. The fourth-order valence-corrected chi connectivity index (χ4v) is 1.34. The molecule has 0 aromatic carbocycles. The zero-order valence-electron chi connectivity index (χ0n) is 9.05. The normalized spacial score (nSPS) is 9.50. The summed E-state index contributed by atoms with van der Waals surface area (Å²) < 4.78 is 0. The van der Waals surface area contributed by atoms with Crippen molar-refractivity contribution < 1.29 is 9.90 Å². The van der Waals surface area contributed by atoms with Crippen LogP contribution >= 0.6 is 0 Å². The lowest BCUT2D eigenvalue weighted by Gasteiger charge is -2.20. The molecule has 5 heteroatoms. The van der Waals surface area contributed by atoms with Crippen molar-refractivity contribution in [3.63, 3.8) is 0 Å². The van der Waals surface area contributed by atoms with Gasteiger partial charge in [-0.2, -0.15) is 5.26 Å². The van der Waals surface area contributed by atoms with Crippen LogP contribution in [-0.2, 0) is 0 Å². The monoisotopic (exact) mass is 219 g/mol. The predicted molar refractivity (Wildman–Crippen MR) is 59.3 cm³/mol. The quantitative estimate of drug-likeness (QED) is 0.812. The van der Waals surface area contributed by atoms with Gasteiger partial charge >= 0.3 is 5.97 Å². The summed E-state index contributed by atoms with van der Waals surface area (Å²) in [6, 6.07) is 6.90. The van der Waals surface area contributed by atoms with Crippen molar-refractivity contribution in [2.75, 3.05) is 18.0 Å². The van der Waals surface area contributed by atoms with Gasteiger partial charge in [-0.25, -0.2) is 9.78 Å². The molecule has 0 atom stereocenters. The lowest BCUT2D eigenvalue weighted by atomic mass is 10.3. The van der Waals surface area contributed by atoms with Crippen molar-refractivity contribution in [3.8, 4) is 6.07 Å². The number of aromatic nitrogens is 1. The molecule has 0 unspecified atom stereocenters. The molecule has 0 spiro atoms. The van der Waals surface area contributed by atoms with Gasteiger partial charge < -0.3 is 10.0 Å². The van der Waals surface area contributed by atoms with Gasteiger partial charge in [0.2, 0.25) is 0 Å². The lowest BCUT2D eigenvalue weighted by Crippen LogP contribution is -2.25. The summed E-state index contributed by atoms with van der Waals surface area (Å²) in [5.41, 5.74) is 0.0212. The summed E-state index contributed by atoms with van der Waals surface area (Å²) in [6.45, 7) is 3.19. The van der Waals surface area contributed by atoms with Crippen molar-refractivity contribution in [1.82, 2.24) is 4.98 Å². The van der Waals surface area contributed by atoms with E-state index in [-0.39, 0.29) is 5.69 Å². The Kier molecular flexibility index (Phi) is 4.28. The molecular weight excluding hydrogens is 206 g/mol. The minimum absolute atomic E-state index is 0.0212. The maximum absolute atomic E-state index is 10.7. The first kappa shape index (κ1) is 12.0. The first-order valence-corrected chi connectivity index (χ1v) is 5.01. The molecule has 0 aliphatic heterocycles. The first-order valence-electron chi connectivity index (χ1n) is 5.01. The summed E-state index contributed by atoms with van der Waals surface area (Å²) in [5, 5.41) is 17.3. The number of anilines is 1. The zero-order valence-corrected chi connectivity index (χ0v) is 9.05. The Bertz CT molecular complexity index is 412. The highest BCUT2D eigenvalue weighted by atomic mass is 16.4. The van der Waals surface area contributed by atoms with E-state index in [1.807, 2.05) is 11.8 Å². The molecule has 0 saturated carbocycles. The highest BCUT2D eigenvalue weighted by Gasteiger charge is 2.09. The van der Waals surface area contributed by atoms with E-state index in [0.29, 0.717) is 25.3 Å². The number of nitriles is 1. The Labute approximate surface area is 93.9 Å². The number of rotatable bonds is 5. The third kappa shape index (κ3) is 2.95. The van der Waals surface area contributed by atoms with Gasteiger partial charge in [0.05, 0.1) is 12.5 Å². The van der Waals surface area contributed by atoms with Crippen molar-refractivity contribution in [3.05, 3.63) is 23.9 Å². The van der Waals surface area contributed by atoms with E-state index in [9.17, 15) is 4.79 Å². The summed E-state index contributed by atoms with van der Waals surface area (Å²) in [4.78, 5) is 16.6. The highest BCUT2D eigenvalue weighted by molar-refractivity contribution is 5.85. The molecule has 0 amide bonds. The molecule has 1 rings (SSSR count). The average Bonchev–Trinajstić information content (AvgIpc) is 2.30. The summed E-state index contributed by atoms with van der Waals surface area (Å²) in [5.74, 6) is -0.448. The Morgan fingerprint density at radius 1 is 1.62 bits per heavy atom. The number of carbonyl (C=O) groups is 1. The predicted octanol–water partition coefficient (Wildman–Crippen LogP) is 1.52. The molecule has 84 valence electrons. The molecule has 0 bridgehead atoms. The number of carboxylic acids is 1. The number of aromatic carboxylic acids is 1. The minimum Gasteiger partial charge on any atom is -0.477 e. The molecule has 0 fully saturated rings. The van der Waals surface area contributed by atoms with Gasteiger partial charge in [-0.3, -0.25) is 0 Å². The molecule has 1 N–H and O–H groups in total. The molecule has 1 heterocycles. The first-order chi connectivity index (χ1) is 7.69. The summed E-state index contributed by atoms with van der Waals surface area (Å²) >= 11 is 0. The Balaban J connectivity index is 2.88. The van der Waals surface area contributed by atoms with Crippen molar-refractivity contribution in [1.29, 1.82) is 5.26 Å². The SMILES string of the molecule is CCN(CCC#N)c1cccc(C(=O)O)n1. The van der Waals surface area contributed by atoms with Crippen LogP contribution in [0.4, 0.5) is 5.82 Å². The number of nitrogens with zero attached hydrogens (tertiary/aromatic N) is 3. The fraction of sp³-hybridized carbons (Fsp3) is 0.364. The fourth-order valence-electron chi connectivity index (χ4n) is 1.34. The van der Waals surface area contributed by atoms with E-state index in [1.165, 1.54) is 6.07 Å². The van der Waals surface area contributed by atoms with Crippen molar-refractivity contribution in [2.24, 2.45) is 0 Å². The van der Waals surface area contributed by atoms with Crippen LogP contribution in [0, 0.1) is 11.3 Å². The second-order valence-corrected chi connectivity index (χ2v) is 3.17.